The van der Waals surface area contributed by atoms with Crippen molar-refractivity contribution in [2.24, 2.45) is 0 Å². The fraction of sp³-hybridized carbons (Fsp3) is 0.583. The third kappa shape index (κ3) is 1.91. The Hall–Kier alpha value is -1.49. The normalized spacial score (nSPS) is 20.9. The lowest BCUT2D eigenvalue weighted by molar-refractivity contribution is 0.446. The standard InChI is InChI=1S/C12H17N5/c1-8-6-9(2)17-12(14-8)15-11(16-17)10-4-3-5-13-7-10/h6,10,13H,3-5,7H2,1-2H3. The Kier molecular flexibility index (Phi) is 2.55. The van der Waals surface area contributed by atoms with Crippen LogP contribution >= 0.6 is 0 Å². The van der Waals surface area contributed by atoms with Crippen LogP contribution in [0.2, 0.25) is 0 Å². The maximum atomic E-state index is 4.58. The van der Waals surface area contributed by atoms with Gasteiger partial charge in [-0.2, -0.15) is 4.98 Å². The van der Waals surface area contributed by atoms with Crippen molar-refractivity contribution in [1.29, 1.82) is 0 Å². The van der Waals surface area contributed by atoms with E-state index in [9.17, 15) is 0 Å². The van der Waals surface area contributed by atoms with Crippen LogP contribution in [0.15, 0.2) is 6.07 Å². The topological polar surface area (TPSA) is 55.1 Å². The number of nitrogens with zero attached hydrogens (tertiary/aromatic N) is 4. The summed E-state index contributed by atoms with van der Waals surface area (Å²) in [6.07, 6.45) is 2.37. The van der Waals surface area contributed by atoms with E-state index >= 15 is 0 Å². The van der Waals surface area contributed by atoms with E-state index in [-0.39, 0.29) is 0 Å². The first-order valence-electron chi connectivity index (χ1n) is 6.15. The predicted molar refractivity (Wildman–Crippen MR) is 65.1 cm³/mol. The van der Waals surface area contributed by atoms with Gasteiger partial charge in [0.1, 0.15) is 0 Å². The highest BCUT2D eigenvalue weighted by molar-refractivity contribution is 5.31. The summed E-state index contributed by atoms with van der Waals surface area (Å²) in [6, 6.07) is 2.03. The third-order valence-corrected chi connectivity index (χ3v) is 3.30. The predicted octanol–water partition coefficient (Wildman–Crippen LogP) is 1.21. The lowest BCUT2D eigenvalue weighted by Gasteiger charge is -2.19. The molecule has 1 aliphatic rings. The molecule has 1 atom stereocenters. The van der Waals surface area contributed by atoms with Gasteiger partial charge in [-0.1, -0.05) is 0 Å². The van der Waals surface area contributed by atoms with Crippen LogP contribution in [-0.4, -0.2) is 32.7 Å². The molecule has 3 rings (SSSR count). The Labute approximate surface area is 100 Å². The Morgan fingerprint density at radius 3 is 3.00 bits per heavy atom. The van der Waals surface area contributed by atoms with E-state index in [0.717, 1.165) is 36.1 Å². The smallest absolute Gasteiger partial charge is 0.252 e. The molecule has 5 heteroatoms. The zero-order valence-electron chi connectivity index (χ0n) is 10.3. The number of aromatic nitrogens is 4. The first kappa shape index (κ1) is 10.7. The second kappa shape index (κ2) is 4.07. The van der Waals surface area contributed by atoms with Gasteiger partial charge in [-0.25, -0.2) is 9.50 Å². The lowest BCUT2D eigenvalue weighted by atomic mass is 9.99. The monoisotopic (exact) mass is 231 g/mol. The molecule has 2 aromatic heterocycles. The first-order chi connectivity index (χ1) is 8.24. The van der Waals surface area contributed by atoms with Crippen molar-refractivity contribution in [3.63, 3.8) is 0 Å². The van der Waals surface area contributed by atoms with Gasteiger partial charge in [0.05, 0.1) is 0 Å². The van der Waals surface area contributed by atoms with Crippen molar-refractivity contribution < 1.29 is 0 Å². The minimum atomic E-state index is 0.435. The minimum Gasteiger partial charge on any atom is -0.316 e. The molecule has 0 spiro atoms. The number of rotatable bonds is 1. The molecule has 90 valence electrons. The largest absolute Gasteiger partial charge is 0.316 e. The molecule has 0 saturated carbocycles. The molecule has 0 aromatic carbocycles. The van der Waals surface area contributed by atoms with Crippen molar-refractivity contribution >= 4 is 5.78 Å². The second-order valence-corrected chi connectivity index (χ2v) is 4.76. The molecule has 0 radical (unpaired) electrons. The average Bonchev–Trinajstić information content (AvgIpc) is 2.74. The molecule has 1 unspecified atom stereocenters. The van der Waals surface area contributed by atoms with Gasteiger partial charge in [-0.15, -0.1) is 5.10 Å². The van der Waals surface area contributed by atoms with Gasteiger partial charge in [0.2, 0.25) is 0 Å². The Bertz CT molecular complexity index is 539. The summed E-state index contributed by atoms with van der Waals surface area (Å²) in [4.78, 5) is 8.98. The van der Waals surface area contributed by atoms with Crippen LogP contribution in [0.4, 0.5) is 0 Å². The van der Waals surface area contributed by atoms with Gasteiger partial charge in [0, 0.05) is 23.9 Å². The third-order valence-electron chi connectivity index (χ3n) is 3.30. The highest BCUT2D eigenvalue weighted by Crippen LogP contribution is 2.20. The summed E-state index contributed by atoms with van der Waals surface area (Å²) < 4.78 is 1.84. The SMILES string of the molecule is Cc1cc(C)n2nc(C3CCCNC3)nc2n1. The summed E-state index contributed by atoms with van der Waals surface area (Å²) in [6.45, 7) is 6.12. The number of hydrogen-bond donors (Lipinski definition) is 1. The number of fused-ring (bicyclic) bond motifs is 1. The van der Waals surface area contributed by atoms with E-state index in [4.69, 9.17) is 0 Å². The molecule has 3 heterocycles. The molecule has 1 fully saturated rings. The molecule has 5 nitrogen and oxygen atoms in total. The Morgan fingerprint density at radius 2 is 2.24 bits per heavy atom. The number of piperidine rings is 1. The molecule has 17 heavy (non-hydrogen) atoms. The Morgan fingerprint density at radius 1 is 1.35 bits per heavy atom. The molecular formula is C12H17N5. The van der Waals surface area contributed by atoms with E-state index in [1.807, 2.05) is 24.4 Å². The van der Waals surface area contributed by atoms with Crippen molar-refractivity contribution in [2.45, 2.75) is 32.6 Å². The van der Waals surface area contributed by atoms with Crippen LogP contribution in [0.25, 0.3) is 5.78 Å². The highest BCUT2D eigenvalue weighted by atomic mass is 15.3. The van der Waals surface area contributed by atoms with Crippen molar-refractivity contribution in [3.05, 3.63) is 23.3 Å². The van der Waals surface area contributed by atoms with Crippen molar-refractivity contribution in [2.75, 3.05) is 13.1 Å². The van der Waals surface area contributed by atoms with Crippen LogP contribution in [0.3, 0.4) is 0 Å². The number of nitrogens with one attached hydrogen (secondary N) is 1. The zero-order chi connectivity index (χ0) is 11.8. The van der Waals surface area contributed by atoms with Crippen molar-refractivity contribution in [3.8, 4) is 0 Å². The van der Waals surface area contributed by atoms with E-state index < -0.39 is 0 Å². The van der Waals surface area contributed by atoms with E-state index in [2.05, 4.69) is 20.4 Å². The molecule has 0 aliphatic carbocycles. The molecule has 0 amide bonds. The first-order valence-corrected chi connectivity index (χ1v) is 6.15. The molecule has 1 saturated heterocycles. The Balaban J connectivity index is 2.03. The number of hydrogen-bond acceptors (Lipinski definition) is 4. The summed E-state index contributed by atoms with van der Waals surface area (Å²) in [5.41, 5.74) is 2.09. The second-order valence-electron chi connectivity index (χ2n) is 4.76. The fourth-order valence-corrected chi connectivity index (χ4v) is 2.43. The summed E-state index contributed by atoms with van der Waals surface area (Å²) >= 11 is 0. The van der Waals surface area contributed by atoms with Crippen LogP contribution in [0.5, 0.6) is 0 Å². The highest BCUT2D eigenvalue weighted by Gasteiger charge is 2.20. The molecule has 1 N–H and O–H groups in total. The number of aryl methyl sites for hydroxylation is 2. The molecule has 0 bridgehead atoms. The summed E-state index contributed by atoms with van der Waals surface area (Å²) in [7, 11) is 0. The lowest BCUT2D eigenvalue weighted by Crippen LogP contribution is -2.29. The van der Waals surface area contributed by atoms with Gasteiger partial charge >= 0.3 is 0 Å². The van der Waals surface area contributed by atoms with Crippen LogP contribution in [-0.2, 0) is 0 Å². The quantitative estimate of drug-likeness (QED) is 0.801. The van der Waals surface area contributed by atoms with Gasteiger partial charge in [0.25, 0.3) is 5.78 Å². The van der Waals surface area contributed by atoms with Gasteiger partial charge in [-0.05, 0) is 39.3 Å². The van der Waals surface area contributed by atoms with Crippen LogP contribution in [0.1, 0.15) is 36.0 Å². The summed E-state index contributed by atoms with van der Waals surface area (Å²) in [5.74, 6) is 2.09. The molecular weight excluding hydrogens is 214 g/mol. The zero-order valence-corrected chi connectivity index (χ0v) is 10.3. The maximum Gasteiger partial charge on any atom is 0.252 e. The van der Waals surface area contributed by atoms with Crippen LogP contribution < -0.4 is 5.32 Å². The summed E-state index contributed by atoms with van der Waals surface area (Å²) in [5, 5.41) is 7.97. The van der Waals surface area contributed by atoms with Gasteiger partial charge in [0.15, 0.2) is 5.82 Å². The van der Waals surface area contributed by atoms with Crippen LogP contribution in [0, 0.1) is 13.8 Å². The average molecular weight is 231 g/mol. The van der Waals surface area contributed by atoms with E-state index in [1.54, 1.807) is 0 Å². The van der Waals surface area contributed by atoms with Gasteiger partial charge in [-0.3, -0.25) is 0 Å². The van der Waals surface area contributed by atoms with Gasteiger partial charge < -0.3 is 5.32 Å². The van der Waals surface area contributed by atoms with E-state index in [1.165, 1.54) is 12.8 Å². The minimum absolute atomic E-state index is 0.435. The van der Waals surface area contributed by atoms with E-state index in [0.29, 0.717) is 5.92 Å². The molecule has 1 aliphatic heterocycles. The maximum absolute atomic E-state index is 4.58. The fourth-order valence-electron chi connectivity index (χ4n) is 2.43. The molecule has 2 aromatic rings. The van der Waals surface area contributed by atoms with Crippen molar-refractivity contribution in [1.82, 2.24) is 24.9 Å².